The highest BCUT2D eigenvalue weighted by atomic mass is 16.7. The third-order valence-electron chi connectivity index (χ3n) is 4.48. The summed E-state index contributed by atoms with van der Waals surface area (Å²) in [7, 11) is 0. The molecule has 1 aliphatic heterocycles. The van der Waals surface area contributed by atoms with Crippen LogP contribution < -0.4 is 0 Å². The van der Waals surface area contributed by atoms with Crippen LogP contribution in [0.25, 0.3) is 0 Å². The zero-order valence-corrected chi connectivity index (χ0v) is 12.1. The van der Waals surface area contributed by atoms with Crippen molar-refractivity contribution >= 4 is 0 Å². The Morgan fingerprint density at radius 2 is 1.35 bits per heavy atom. The molecule has 0 spiro atoms. The van der Waals surface area contributed by atoms with E-state index in [0.29, 0.717) is 6.10 Å². The fourth-order valence-corrected chi connectivity index (χ4v) is 3.58. The lowest BCUT2D eigenvalue weighted by molar-refractivity contribution is -0.308. The molecule has 2 heteroatoms. The molecular weight excluding hydrogens is 210 g/mol. The van der Waals surface area contributed by atoms with Gasteiger partial charge in [0.25, 0.3) is 0 Å². The van der Waals surface area contributed by atoms with Crippen molar-refractivity contribution in [3.63, 3.8) is 0 Å². The summed E-state index contributed by atoms with van der Waals surface area (Å²) in [6, 6.07) is 0. The van der Waals surface area contributed by atoms with Crippen LogP contribution in [0.1, 0.15) is 79.1 Å². The van der Waals surface area contributed by atoms with E-state index in [9.17, 15) is 0 Å². The van der Waals surface area contributed by atoms with E-state index in [1.165, 1.54) is 51.4 Å². The summed E-state index contributed by atoms with van der Waals surface area (Å²) in [5, 5.41) is 2.33. The van der Waals surface area contributed by atoms with Crippen LogP contribution in [0.15, 0.2) is 0 Å². The molecule has 1 heterocycles. The molecule has 0 bridgehead atoms. The summed E-state index contributed by atoms with van der Waals surface area (Å²) in [5.74, 6) is 0. The summed E-state index contributed by atoms with van der Waals surface area (Å²) in [6.45, 7) is 9.32. The van der Waals surface area contributed by atoms with Crippen LogP contribution in [0.4, 0.5) is 0 Å². The minimum Gasteiger partial charge on any atom is -0.295 e. The topological polar surface area (TPSA) is 12.5 Å². The predicted molar refractivity (Wildman–Crippen MR) is 71.8 cm³/mol. The first-order valence-corrected chi connectivity index (χ1v) is 7.39. The molecule has 1 aliphatic carbocycles. The van der Waals surface area contributed by atoms with Crippen LogP contribution in [-0.2, 0) is 4.84 Å². The van der Waals surface area contributed by atoms with Crippen LogP contribution in [0.3, 0.4) is 0 Å². The fraction of sp³-hybridized carbons (Fsp3) is 1.00. The van der Waals surface area contributed by atoms with Crippen molar-refractivity contribution in [3.8, 4) is 0 Å². The molecule has 0 radical (unpaired) electrons. The van der Waals surface area contributed by atoms with Gasteiger partial charge in [0.05, 0.1) is 6.10 Å². The minimum absolute atomic E-state index is 0.194. The van der Waals surface area contributed by atoms with Gasteiger partial charge in [-0.3, -0.25) is 4.84 Å². The predicted octanol–water partition coefficient (Wildman–Crippen LogP) is 4.29. The summed E-state index contributed by atoms with van der Waals surface area (Å²) >= 11 is 0. The maximum Gasteiger partial charge on any atom is 0.0793 e. The number of piperidine rings is 1. The second-order valence-corrected chi connectivity index (χ2v) is 7.14. The maximum absolute atomic E-state index is 6.40. The van der Waals surface area contributed by atoms with Crippen molar-refractivity contribution in [1.82, 2.24) is 5.06 Å². The first-order chi connectivity index (χ1) is 7.92. The number of hydroxylamine groups is 2. The third-order valence-corrected chi connectivity index (χ3v) is 4.48. The minimum atomic E-state index is 0.194. The Morgan fingerprint density at radius 3 is 1.88 bits per heavy atom. The third kappa shape index (κ3) is 3.03. The molecule has 2 rings (SSSR count). The second-order valence-electron chi connectivity index (χ2n) is 7.14. The Bertz CT molecular complexity index is 238. The van der Waals surface area contributed by atoms with Gasteiger partial charge >= 0.3 is 0 Å². The summed E-state index contributed by atoms with van der Waals surface area (Å²) in [4.78, 5) is 6.40. The standard InChI is InChI=1S/C15H29NO/c1-14(2)11-8-12-15(3,4)16(14)17-13-9-6-5-7-10-13/h13H,5-12H2,1-4H3. The van der Waals surface area contributed by atoms with E-state index in [2.05, 4.69) is 32.8 Å². The molecule has 1 saturated carbocycles. The van der Waals surface area contributed by atoms with Crippen LogP contribution in [0.2, 0.25) is 0 Å². The summed E-state index contributed by atoms with van der Waals surface area (Å²) in [6.07, 6.45) is 10.9. The molecule has 0 aromatic heterocycles. The van der Waals surface area contributed by atoms with Crippen molar-refractivity contribution in [2.75, 3.05) is 0 Å². The van der Waals surface area contributed by atoms with Gasteiger partial charge in [-0.05, 0) is 59.8 Å². The maximum atomic E-state index is 6.40. The highest BCUT2D eigenvalue weighted by Gasteiger charge is 2.43. The van der Waals surface area contributed by atoms with E-state index >= 15 is 0 Å². The fourth-order valence-electron chi connectivity index (χ4n) is 3.58. The van der Waals surface area contributed by atoms with Crippen LogP contribution in [0.5, 0.6) is 0 Å². The molecule has 0 unspecified atom stereocenters. The summed E-state index contributed by atoms with van der Waals surface area (Å²) in [5.41, 5.74) is 0.387. The van der Waals surface area contributed by atoms with Gasteiger partial charge in [0, 0.05) is 11.1 Å². The van der Waals surface area contributed by atoms with Crippen LogP contribution in [-0.4, -0.2) is 22.2 Å². The Labute approximate surface area is 107 Å². The number of hydrogen-bond acceptors (Lipinski definition) is 2. The molecule has 2 aliphatic rings. The first-order valence-electron chi connectivity index (χ1n) is 7.39. The van der Waals surface area contributed by atoms with E-state index in [4.69, 9.17) is 4.84 Å². The molecule has 1 saturated heterocycles. The quantitative estimate of drug-likeness (QED) is 0.712. The van der Waals surface area contributed by atoms with E-state index in [1.54, 1.807) is 0 Å². The van der Waals surface area contributed by atoms with Gasteiger partial charge in [-0.15, -0.1) is 0 Å². The average molecular weight is 239 g/mol. The molecular formula is C15H29NO. The molecule has 17 heavy (non-hydrogen) atoms. The lowest BCUT2D eigenvalue weighted by Crippen LogP contribution is -2.59. The van der Waals surface area contributed by atoms with Crippen molar-refractivity contribution in [1.29, 1.82) is 0 Å². The van der Waals surface area contributed by atoms with Crippen molar-refractivity contribution < 1.29 is 4.84 Å². The lowest BCUT2D eigenvalue weighted by atomic mass is 9.82. The Hall–Kier alpha value is -0.0800. The smallest absolute Gasteiger partial charge is 0.0793 e. The van der Waals surface area contributed by atoms with Crippen molar-refractivity contribution in [2.45, 2.75) is 96.2 Å². The molecule has 0 amide bonds. The average Bonchev–Trinajstić information content (AvgIpc) is 2.25. The first kappa shape index (κ1) is 13.4. The highest BCUT2D eigenvalue weighted by Crippen LogP contribution is 2.39. The molecule has 2 fully saturated rings. The van der Waals surface area contributed by atoms with Crippen LogP contribution in [0, 0.1) is 0 Å². The highest BCUT2D eigenvalue weighted by molar-refractivity contribution is 4.93. The molecule has 0 atom stereocenters. The van der Waals surface area contributed by atoms with Crippen molar-refractivity contribution in [3.05, 3.63) is 0 Å². The SMILES string of the molecule is CC1(C)CCCC(C)(C)N1OC1CCCCC1. The van der Waals surface area contributed by atoms with Crippen LogP contribution >= 0.6 is 0 Å². The van der Waals surface area contributed by atoms with Crippen molar-refractivity contribution in [2.24, 2.45) is 0 Å². The number of hydrogen-bond donors (Lipinski definition) is 0. The normalized spacial score (nSPS) is 30.4. The van der Waals surface area contributed by atoms with Gasteiger partial charge in [0.1, 0.15) is 0 Å². The Kier molecular flexibility index (Phi) is 3.84. The van der Waals surface area contributed by atoms with Gasteiger partial charge in [-0.1, -0.05) is 19.3 Å². The lowest BCUT2D eigenvalue weighted by Gasteiger charge is -2.52. The Morgan fingerprint density at radius 1 is 0.824 bits per heavy atom. The van der Waals surface area contributed by atoms with E-state index in [1.807, 2.05) is 0 Å². The molecule has 0 aromatic rings. The van der Waals surface area contributed by atoms with E-state index in [0.717, 1.165) is 0 Å². The van der Waals surface area contributed by atoms with E-state index < -0.39 is 0 Å². The molecule has 2 nitrogen and oxygen atoms in total. The zero-order chi connectivity index (χ0) is 12.5. The number of rotatable bonds is 2. The van der Waals surface area contributed by atoms with E-state index in [-0.39, 0.29) is 11.1 Å². The molecule has 0 aromatic carbocycles. The largest absolute Gasteiger partial charge is 0.295 e. The second kappa shape index (κ2) is 4.89. The Balaban J connectivity index is 2.03. The summed E-state index contributed by atoms with van der Waals surface area (Å²) < 4.78 is 0. The molecule has 0 N–H and O–H groups in total. The monoisotopic (exact) mass is 239 g/mol. The zero-order valence-electron chi connectivity index (χ0n) is 12.1. The molecule has 100 valence electrons. The number of nitrogens with zero attached hydrogens (tertiary/aromatic N) is 1. The van der Waals surface area contributed by atoms with Gasteiger partial charge in [-0.25, -0.2) is 0 Å². The van der Waals surface area contributed by atoms with Gasteiger partial charge in [-0.2, -0.15) is 5.06 Å². The van der Waals surface area contributed by atoms with Gasteiger partial charge in [0.15, 0.2) is 0 Å². The van der Waals surface area contributed by atoms with Gasteiger partial charge in [0.2, 0.25) is 0 Å². The van der Waals surface area contributed by atoms with Gasteiger partial charge < -0.3 is 0 Å².